The molecule has 1 N–H and O–H groups in total. The van der Waals surface area contributed by atoms with Gasteiger partial charge in [-0.15, -0.1) is 0 Å². The Bertz CT molecular complexity index is 446. The molecule has 2 aromatic carbocycles. The average Bonchev–Trinajstić information content (AvgIpc) is 2.18. The first-order chi connectivity index (χ1) is 6.81. The number of benzene rings is 2. The van der Waals surface area contributed by atoms with Crippen LogP contribution in [-0.4, -0.2) is 5.11 Å². The van der Waals surface area contributed by atoms with E-state index in [4.69, 9.17) is 0 Å². The van der Waals surface area contributed by atoms with Crippen molar-refractivity contribution in [3.8, 4) is 5.75 Å². The number of rotatable bonds is 2. The summed E-state index contributed by atoms with van der Waals surface area (Å²) < 4.78 is 0. The van der Waals surface area contributed by atoms with Crippen LogP contribution in [-0.2, 0) is 6.42 Å². The molecule has 72 valence electrons. The number of fused-ring (bicyclic) bond motifs is 1. The first-order valence-corrected chi connectivity index (χ1v) is 5.02. The van der Waals surface area contributed by atoms with Crippen LogP contribution >= 0.6 is 0 Å². The Labute approximate surface area is 84.0 Å². The summed E-state index contributed by atoms with van der Waals surface area (Å²) in [6, 6.07) is 11.8. The molecule has 0 saturated carbocycles. The fourth-order valence-electron chi connectivity index (χ4n) is 1.83. The highest BCUT2D eigenvalue weighted by Gasteiger charge is 2.00. The van der Waals surface area contributed by atoms with Crippen LogP contribution in [0, 0.1) is 0 Å². The van der Waals surface area contributed by atoms with E-state index < -0.39 is 0 Å². The Morgan fingerprint density at radius 2 is 2.00 bits per heavy atom. The minimum atomic E-state index is 0.339. The van der Waals surface area contributed by atoms with Gasteiger partial charge >= 0.3 is 0 Å². The average molecular weight is 186 g/mol. The van der Waals surface area contributed by atoms with Crippen molar-refractivity contribution in [1.29, 1.82) is 0 Å². The van der Waals surface area contributed by atoms with Crippen molar-refractivity contribution in [2.45, 2.75) is 19.8 Å². The van der Waals surface area contributed by atoms with Crippen molar-refractivity contribution in [2.75, 3.05) is 0 Å². The molecule has 0 heterocycles. The predicted molar refractivity (Wildman–Crippen MR) is 59.6 cm³/mol. The quantitative estimate of drug-likeness (QED) is 0.761. The smallest absolute Gasteiger partial charge is 0.116 e. The van der Waals surface area contributed by atoms with Crippen LogP contribution in [0.2, 0.25) is 0 Å². The van der Waals surface area contributed by atoms with Crippen LogP contribution in [0.3, 0.4) is 0 Å². The zero-order chi connectivity index (χ0) is 9.97. The van der Waals surface area contributed by atoms with Gasteiger partial charge in [0.25, 0.3) is 0 Å². The van der Waals surface area contributed by atoms with E-state index in [0.29, 0.717) is 5.75 Å². The fraction of sp³-hybridized carbons (Fsp3) is 0.231. The summed E-state index contributed by atoms with van der Waals surface area (Å²) in [6.07, 6.45) is 2.25. The predicted octanol–water partition coefficient (Wildman–Crippen LogP) is 3.50. The summed E-state index contributed by atoms with van der Waals surface area (Å²) in [5.74, 6) is 0.339. The highest BCUT2D eigenvalue weighted by Crippen LogP contribution is 2.23. The maximum absolute atomic E-state index is 9.35. The van der Waals surface area contributed by atoms with Crippen LogP contribution in [0.25, 0.3) is 10.8 Å². The van der Waals surface area contributed by atoms with Gasteiger partial charge in [-0.2, -0.15) is 0 Å². The molecule has 2 aromatic rings. The van der Waals surface area contributed by atoms with Crippen LogP contribution in [0.4, 0.5) is 0 Å². The third kappa shape index (κ3) is 1.58. The lowest BCUT2D eigenvalue weighted by Gasteiger charge is -2.05. The lowest BCUT2D eigenvalue weighted by molar-refractivity contribution is 0.476. The lowest BCUT2D eigenvalue weighted by atomic mass is 10.0. The molecule has 0 fully saturated rings. The summed E-state index contributed by atoms with van der Waals surface area (Å²) in [5, 5.41) is 11.7. The number of aromatic hydroxyl groups is 1. The topological polar surface area (TPSA) is 20.2 Å². The minimum Gasteiger partial charge on any atom is -0.508 e. The zero-order valence-corrected chi connectivity index (χ0v) is 8.33. The minimum absolute atomic E-state index is 0.339. The molecular weight excluding hydrogens is 172 g/mol. The molecule has 0 bridgehead atoms. The summed E-state index contributed by atoms with van der Waals surface area (Å²) in [6.45, 7) is 2.18. The largest absolute Gasteiger partial charge is 0.508 e. The first kappa shape index (κ1) is 9.07. The molecule has 1 nitrogen and oxygen atoms in total. The number of hydrogen-bond acceptors (Lipinski definition) is 1. The van der Waals surface area contributed by atoms with E-state index in [1.807, 2.05) is 24.3 Å². The Morgan fingerprint density at radius 3 is 2.79 bits per heavy atom. The number of phenols is 1. The Morgan fingerprint density at radius 1 is 1.14 bits per heavy atom. The van der Waals surface area contributed by atoms with Crippen LogP contribution in [0.15, 0.2) is 36.4 Å². The molecule has 1 heteroatoms. The van der Waals surface area contributed by atoms with E-state index in [0.717, 1.165) is 18.2 Å². The number of hydrogen-bond donors (Lipinski definition) is 1. The van der Waals surface area contributed by atoms with Gasteiger partial charge in [0.05, 0.1) is 0 Å². The van der Waals surface area contributed by atoms with Crippen LogP contribution in [0.1, 0.15) is 18.9 Å². The highest BCUT2D eigenvalue weighted by atomic mass is 16.3. The molecular formula is C13H14O. The third-order valence-corrected chi connectivity index (χ3v) is 2.47. The van der Waals surface area contributed by atoms with Crippen LogP contribution < -0.4 is 0 Å². The Kier molecular flexibility index (Phi) is 2.40. The molecule has 2 rings (SSSR count). The Hall–Kier alpha value is -1.50. The molecule has 0 aliphatic rings. The van der Waals surface area contributed by atoms with E-state index in [2.05, 4.69) is 13.0 Å². The SMILES string of the molecule is CCCc1cccc2cc(O)ccc12. The normalized spacial score (nSPS) is 10.6. The van der Waals surface area contributed by atoms with Gasteiger partial charge in [-0.1, -0.05) is 37.6 Å². The molecule has 0 radical (unpaired) electrons. The van der Waals surface area contributed by atoms with Gasteiger partial charge < -0.3 is 5.11 Å². The molecule has 0 saturated heterocycles. The molecule has 0 aliphatic carbocycles. The van der Waals surface area contributed by atoms with E-state index >= 15 is 0 Å². The second-order valence-electron chi connectivity index (χ2n) is 3.57. The van der Waals surface area contributed by atoms with Gasteiger partial charge in [0.1, 0.15) is 5.75 Å². The fourth-order valence-corrected chi connectivity index (χ4v) is 1.83. The van der Waals surface area contributed by atoms with Crippen molar-refractivity contribution in [3.63, 3.8) is 0 Å². The molecule has 14 heavy (non-hydrogen) atoms. The van der Waals surface area contributed by atoms with Gasteiger partial charge in [-0.3, -0.25) is 0 Å². The zero-order valence-electron chi connectivity index (χ0n) is 8.33. The van der Waals surface area contributed by atoms with Crippen molar-refractivity contribution < 1.29 is 5.11 Å². The number of phenolic OH excluding ortho intramolecular Hbond substituents is 1. The lowest BCUT2D eigenvalue weighted by Crippen LogP contribution is -1.85. The maximum Gasteiger partial charge on any atom is 0.116 e. The summed E-state index contributed by atoms with van der Waals surface area (Å²) in [4.78, 5) is 0. The summed E-state index contributed by atoms with van der Waals surface area (Å²) in [7, 11) is 0. The standard InChI is InChI=1S/C13H14O/c1-2-4-10-5-3-6-11-9-12(14)7-8-13(10)11/h3,5-9,14H,2,4H2,1H3. The molecule has 0 atom stereocenters. The van der Waals surface area contributed by atoms with E-state index in [1.54, 1.807) is 6.07 Å². The van der Waals surface area contributed by atoms with Gasteiger partial charge in [0.15, 0.2) is 0 Å². The maximum atomic E-state index is 9.35. The van der Waals surface area contributed by atoms with Gasteiger partial charge in [0, 0.05) is 0 Å². The van der Waals surface area contributed by atoms with Gasteiger partial charge in [-0.25, -0.2) is 0 Å². The monoisotopic (exact) mass is 186 g/mol. The van der Waals surface area contributed by atoms with Crippen molar-refractivity contribution in [3.05, 3.63) is 42.0 Å². The third-order valence-electron chi connectivity index (χ3n) is 2.47. The molecule has 0 spiro atoms. The van der Waals surface area contributed by atoms with Crippen LogP contribution in [0.5, 0.6) is 5.75 Å². The molecule has 0 amide bonds. The molecule has 0 aromatic heterocycles. The summed E-state index contributed by atoms with van der Waals surface area (Å²) >= 11 is 0. The highest BCUT2D eigenvalue weighted by molar-refractivity contribution is 5.86. The molecule has 0 unspecified atom stereocenters. The van der Waals surface area contributed by atoms with E-state index in [1.165, 1.54) is 10.9 Å². The van der Waals surface area contributed by atoms with E-state index in [9.17, 15) is 5.11 Å². The second-order valence-corrected chi connectivity index (χ2v) is 3.57. The molecule has 0 aliphatic heterocycles. The van der Waals surface area contributed by atoms with E-state index in [-0.39, 0.29) is 0 Å². The van der Waals surface area contributed by atoms with Crippen molar-refractivity contribution in [2.24, 2.45) is 0 Å². The Balaban J connectivity index is 2.62. The van der Waals surface area contributed by atoms with Gasteiger partial charge in [0.2, 0.25) is 0 Å². The second kappa shape index (κ2) is 3.70. The van der Waals surface area contributed by atoms with Crippen molar-refractivity contribution in [1.82, 2.24) is 0 Å². The first-order valence-electron chi connectivity index (χ1n) is 5.02. The van der Waals surface area contributed by atoms with Gasteiger partial charge in [-0.05, 0) is 34.9 Å². The van der Waals surface area contributed by atoms with Crippen molar-refractivity contribution >= 4 is 10.8 Å². The number of aryl methyl sites for hydroxylation is 1. The summed E-state index contributed by atoms with van der Waals surface area (Å²) in [5.41, 5.74) is 1.37.